The zero-order chi connectivity index (χ0) is 18.9. The summed E-state index contributed by atoms with van der Waals surface area (Å²) in [6.45, 7) is 2.75. The van der Waals surface area contributed by atoms with E-state index in [0.717, 1.165) is 24.2 Å². The monoisotopic (exact) mass is 356 g/mol. The van der Waals surface area contributed by atoms with E-state index in [2.05, 4.69) is 6.92 Å². The van der Waals surface area contributed by atoms with Crippen LogP contribution in [-0.2, 0) is 4.79 Å². The fourth-order valence-electron chi connectivity index (χ4n) is 2.47. The number of rotatable bonds is 9. The van der Waals surface area contributed by atoms with Gasteiger partial charge in [-0.1, -0.05) is 31.5 Å². The van der Waals surface area contributed by atoms with Crippen LogP contribution >= 0.6 is 0 Å². The van der Waals surface area contributed by atoms with Crippen molar-refractivity contribution in [2.45, 2.75) is 19.8 Å². The van der Waals surface area contributed by atoms with Crippen molar-refractivity contribution in [2.75, 3.05) is 20.8 Å². The maximum atomic E-state index is 11.8. The van der Waals surface area contributed by atoms with Crippen LogP contribution in [0.1, 0.15) is 30.9 Å². The lowest BCUT2D eigenvalue weighted by atomic mass is 10.0. The van der Waals surface area contributed by atoms with Crippen LogP contribution < -0.4 is 14.2 Å². The van der Waals surface area contributed by atoms with Gasteiger partial charge in [0.15, 0.2) is 11.5 Å². The Kier molecular flexibility index (Phi) is 7.09. The summed E-state index contributed by atoms with van der Waals surface area (Å²) in [5.41, 5.74) is 1.45. The first kappa shape index (κ1) is 19.4. The molecule has 2 rings (SSSR count). The number of ether oxygens (including phenoxy) is 3. The van der Waals surface area contributed by atoms with E-state index in [9.17, 15) is 9.90 Å². The Morgan fingerprint density at radius 3 is 2.50 bits per heavy atom. The fraction of sp³-hybridized carbons (Fsp3) is 0.286. The van der Waals surface area contributed by atoms with Crippen molar-refractivity contribution in [1.82, 2.24) is 0 Å². The zero-order valence-corrected chi connectivity index (χ0v) is 15.3. The van der Waals surface area contributed by atoms with Gasteiger partial charge in [-0.15, -0.1) is 0 Å². The summed E-state index contributed by atoms with van der Waals surface area (Å²) in [5.74, 6) is 0.736. The predicted octanol–water partition coefficient (Wildman–Crippen LogP) is 4.51. The van der Waals surface area contributed by atoms with Crippen molar-refractivity contribution >= 4 is 17.6 Å². The third-order valence-corrected chi connectivity index (χ3v) is 3.86. The lowest BCUT2D eigenvalue weighted by molar-refractivity contribution is -0.130. The van der Waals surface area contributed by atoms with Crippen molar-refractivity contribution in [3.05, 3.63) is 53.6 Å². The van der Waals surface area contributed by atoms with Gasteiger partial charge in [0, 0.05) is 0 Å². The van der Waals surface area contributed by atoms with E-state index in [0.29, 0.717) is 23.7 Å². The average Bonchev–Trinajstić information content (AvgIpc) is 2.66. The van der Waals surface area contributed by atoms with Crippen LogP contribution in [0.5, 0.6) is 17.2 Å². The van der Waals surface area contributed by atoms with Crippen molar-refractivity contribution < 1.29 is 24.1 Å². The number of unbranched alkanes of at least 4 members (excludes halogenated alkanes) is 1. The summed E-state index contributed by atoms with van der Waals surface area (Å²) in [7, 11) is 3.05. The molecule has 0 radical (unpaired) electrons. The summed E-state index contributed by atoms with van der Waals surface area (Å²) in [6, 6.07) is 12.4. The summed E-state index contributed by atoms with van der Waals surface area (Å²) in [6.07, 6.45) is 3.66. The smallest absolute Gasteiger partial charge is 0.336 e. The normalized spacial score (nSPS) is 11.1. The van der Waals surface area contributed by atoms with Crippen LogP contribution in [0.4, 0.5) is 0 Å². The molecule has 0 aliphatic rings. The third kappa shape index (κ3) is 5.02. The first-order valence-electron chi connectivity index (χ1n) is 8.49. The first-order chi connectivity index (χ1) is 12.6. The molecule has 0 bridgehead atoms. The van der Waals surface area contributed by atoms with E-state index in [4.69, 9.17) is 14.2 Å². The Bertz CT molecular complexity index is 780. The number of hydrogen-bond donors (Lipinski definition) is 1. The molecule has 0 amide bonds. The molecule has 2 aromatic rings. The molecule has 0 saturated heterocycles. The molecule has 2 aromatic carbocycles. The van der Waals surface area contributed by atoms with E-state index in [1.54, 1.807) is 24.3 Å². The van der Waals surface area contributed by atoms with Gasteiger partial charge in [0.1, 0.15) is 5.75 Å². The number of benzene rings is 2. The molecular formula is C21H24O5. The van der Waals surface area contributed by atoms with Crippen LogP contribution in [0.25, 0.3) is 11.6 Å². The molecule has 5 nitrogen and oxygen atoms in total. The van der Waals surface area contributed by atoms with Gasteiger partial charge in [-0.2, -0.15) is 0 Å². The van der Waals surface area contributed by atoms with E-state index >= 15 is 0 Å². The van der Waals surface area contributed by atoms with Crippen molar-refractivity contribution in [3.8, 4) is 17.2 Å². The Morgan fingerprint density at radius 1 is 1.08 bits per heavy atom. The van der Waals surface area contributed by atoms with Crippen LogP contribution in [0.15, 0.2) is 42.5 Å². The lowest BCUT2D eigenvalue weighted by Gasteiger charge is -2.10. The van der Waals surface area contributed by atoms with Crippen molar-refractivity contribution in [1.29, 1.82) is 0 Å². The molecule has 26 heavy (non-hydrogen) atoms. The summed E-state index contributed by atoms with van der Waals surface area (Å²) < 4.78 is 16.2. The Hall–Kier alpha value is -2.95. The molecule has 1 N–H and O–H groups in total. The van der Waals surface area contributed by atoms with E-state index < -0.39 is 5.97 Å². The molecule has 0 spiro atoms. The molecule has 0 aliphatic heterocycles. The van der Waals surface area contributed by atoms with Crippen LogP contribution in [0.3, 0.4) is 0 Å². The highest BCUT2D eigenvalue weighted by Gasteiger charge is 2.14. The molecular weight excluding hydrogens is 332 g/mol. The quantitative estimate of drug-likeness (QED) is 0.407. The minimum atomic E-state index is -1.02. The van der Waals surface area contributed by atoms with Crippen molar-refractivity contribution in [3.63, 3.8) is 0 Å². The molecule has 0 heterocycles. The fourth-order valence-corrected chi connectivity index (χ4v) is 2.47. The largest absolute Gasteiger partial charge is 0.494 e. The topological polar surface area (TPSA) is 65.0 Å². The molecule has 5 heteroatoms. The van der Waals surface area contributed by atoms with E-state index in [-0.39, 0.29) is 5.57 Å². The van der Waals surface area contributed by atoms with Crippen molar-refractivity contribution in [2.24, 2.45) is 0 Å². The maximum Gasteiger partial charge on any atom is 0.336 e. The standard InChI is InChI=1S/C21H24O5/c1-4-5-11-26-17-8-6-7-15(12-17)13-18(21(22)23)16-9-10-19(24-2)20(14-16)25-3/h6-10,12-14H,4-5,11H2,1-3H3,(H,22,23)/b18-13-. The number of aliphatic carboxylic acids is 1. The first-order valence-corrected chi connectivity index (χ1v) is 8.49. The minimum Gasteiger partial charge on any atom is -0.494 e. The average molecular weight is 356 g/mol. The molecule has 0 aromatic heterocycles. The second-order valence-corrected chi connectivity index (χ2v) is 5.71. The Morgan fingerprint density at radius 2 is 1.85 bits per heavy atom. The Balaban J connectivity index is 2.35. The number of methoxy groups -OCH3 is 2. The second-order valence-electron chi connectivity index (χ2n) is 5.71. The highest BCUT2D eigenvalue weighted by atomic mass is 16.5. The van der Waals surface area contributed by atoms with Gasteiger partial charge < -0.3 is 19.3 Å². The van der Waals surface area contributed by atoms with E-state index in [1.165, 1.54) is 14.2 Å². The van der Waals surface area contributed by atoms with Gasteiger partial charge in [-0.05, 0) is 47.9 Å². The number of carboxylic acid groups (broad SMARTS) is 1. The highest BCUT2D eigenvalue weighted by molar-refractivity contribution is 6.20. The molecule has 0 fully saturated rings. The van der Waals surface area contributed by atoms with Gasteiger partial charge in [0.25, 0.3) is 0 Å². The third-order valence-electron chi connectivity index (χ3n) is 3.86. The minimum absolute atomic E-state index is 0.164. The van der Waals surface area contributed by atoms with Gasteiger partial charge >= 0.3 is 5.97 Å². The van der Waals surface area contributed by atoms with Gasteiger partial charge in [0.2, 0.25) is 0 Å². The van der Waals surface area contributed by atoms with Crippen LogP contribution in [0, 0.1) is 0 Å². The molecule has 138 valence electrons. The van der Waals surface area contributed by atoms with Crippen LogP contribution in [-0.4, -0.2) is 31.9 Å². The maximum absolute atomic E-state index is 11.8. The van der Waals surface area contributed by atoms with Gasteiger partial charge in [-0.3, -0.25) is 0 Å². The SMILES string of the molecule is CCCCOc1cccc(/C=C(\C(=O)O)c2ccc(OC)c(OC)c2)c1. The highest BCUT2D eigenvalue weighted by Crippen LogP contribution is 2.31. The molecule has 0 aliphatic carbocycles. The zero-order valence-electron chi connectivity index (χ0n) is 15.3. The number of carboxylic acids is 1. The molecule has 0 unspecified atom stereocenters. The van der Waals surface area contributed by atoms with Crippen LogP contribution in [0.2, 0.25) is 0 Å². The predicted molar refractivity (Wildman–Crippen MR) is 102 cm³/mol. The second kappa shape index (κ2) is 9.51. The van der Waals surface area contributed by atoms with Gasteiger partial charge in [-0.25, -0.2) is 4.79 Å². The van der Waals surface area contributed by atoms with Gasteiger partial charge in [0.05, 0.1) is 26.4 Å². The van der Waals surface area contributed by atoms with E-state index in [1.807, 2.05) is 24.3 Å². The lowest BCUT2D eigenvalue weighted by Crippen LogP contribution is -2.01. The number of carbonyl (C=O) groups is 1. The summed E-state index contributed by atoms with van der Waals surface area (Å²) >= 11 is 0. The Labute approximate surface area is 153 Å². The molecule has 0 saturated carbocycles. The summed E-state index contributed by atoms with van der Waals surface area (Å²) in [4.78, 5) is 11.8. The number of hydrogen-bond acceptors (Lipinski definition) is 4. The molecule has 0 atom stereocenters. The summed E-state index contributed by atoms with van der Waals surface area (Å²) in [5, 5.41) is 9.65.